The van der Waals surface area contributed by atoms with Crippen LogP contribution in [-0.4, -0.2) is 43.5 Å². The van der Waals surface area contributed by atoms with E-state index in [9.17, 15) is 4.79 Å². The molecule has 0 spiro atoms. The maximum Gasteiger partial charge on any atom is 0.251 e. The van der Waals surface area contributed by atoms with E-state index in [1.807, 2.05) is 36.4 Å². The number of hydrogen-bond donors (Lipinski definition) is 2. The third-order valence-electron chi connectivity index (χ3n) is 5.76. The van der Waals surface area contributed by atoms with Gasteiger partial charge in [0.2, 0.25) is 0 Å². The van der Waals surface area contributed by atoms with Crippen LogP contribution in [0.5, 0.6) is 0 Å². The zero-order valence-corrected chi connectivity index (χ0v) is 19.1. The lowest BCUT2D eigenvalue weighted by molar-refractivity contribution is -0.00834. The van der Waals surface area contributed by atoms with Crippen LogP contribution in [0.25, 0.3) is 0 Å². The monoisotopic (exact) mass is 446 g/mol. The molecule has 7 heteroatoms. The van der Waals surface area contributed by atoms with Crippen LogP contribution >= 0.6 is 0 Å². The van der Waals surface area contributed by atoms with Gasteiger partial charge in [-0.1, -0.05) is 36.4 Å². The van der Waals surface area contributed by atoms with Gasteiger partial charge in [0, 0.05) is 25.7 Å². The first kappa shape index (κ1) is 22.6. The lowest BCUT2D eigenvalue weighted by Gasteiger charge is -2.35. The van der Waals surface area contributed by atoms with Gasteiger partial charge in [0.25, 0.3) is 5.91 Å². The van der Waals surface area contributed by atoms with Crippen molar-refractivity contribution in [2.24, 2.45) is 4.99 Å². The van der Waals surface area contributed by atoms with Gasteiger partial charge in [0.05, 0.1) is 26.0 Å². The first-order valence-corrected chi connectivity index (χ1v) is 11.2. The molecule has 33 heavy (non-hydrogen) atoms. The molecule has 1 aliphatic heterocycles. The molecule has 1 aromatic heterocycles. The average molecular weight is 447 g/mol. The number of ether oxygens (including phenoxy) is 1. The highest BCUT2D eigenvalue weighted by molar-refractivity contribution is 5.94. The summed E-state index contributed by atoms with van der Waals surface area (Å²) < 4.78 is 11.3. The van der Waals surface area contributed by atoms with Gasteiger partial charge in [-0.3, -0.25) is 9.79 Å². The highest BCUT2D eigenvalue weighted by Crippen LogP contribution is 2.25. The van der Waals surface area contributed by atoms with Gasteiger partial charge in [0.15, 0.2) is 5.96 Å². The van der Waals surface area contributed by atoms with Crippen LogP contribution in [0.15, 0.2) is 76.3 Å². The Morgan fingerprint density at radius 3 is 2.76 bits per heavy atom. The minimum Gasteiger partial charge on any atom is -0.467 e. The van der Waals surface area contributed by atoms with E-state index in [-0.39, 0.29) is 12.0 Å². The minimum absolute atomic E-state index is 0.0136. The molecule has 172 valence electrons. The molecule has 0 radical (unpaired) electrons. The number of amides is 1. The number of carbonyl (C=O) groups excluding carboxylic acids is 1. The summed E-state index contributed by atoms with van der Waals surface area (Å²) in [5, 5.41) is 6.32. The van der Waals surface area contributed by atoms with Crippen LogP contribution in [0.4, 0.5) is 0 Å². The Hall–Kier alpha value is -3.58. The van der Waals surface area contributed by atoms with Crippen molar-refractivity contribution >= 4 is 11.9 Å². The standard InChI is InChI=1S/C26H30N4O3/c1-19-7-3-4-11-23(19)24-18-30(12-14-33-24)26(27-2)29-16-20-8-5-9-21(15-20)25(31)28-17-22-10-6-13-32-22/h3-11,13,15,24H,12,14,16-18H2,1-2H3,(H,27,29)(H,28,31). The van der Waals surface area contributed by atoms with Crippen LogP contribution in [-0.2, 0) is 17.8 Å². The SMILES string of the molecule is CN=C(NCc1cccc(C(=O)NCc2ccco2)c1)N1CCOC(c2ccccc2C)C1. The van der Waals surface area contributed by atoms with Crippen molar-refractivity contribution in [3.8, 4) is 0 Å². The molecule has 2 N–H and O–H groups in total. The van der Waals surface area contributed by atoms with Crippen LogP contribution in [0, 0.1) is 6.92 Å². The summed E-state index contributed by atoms with van der Waals surface area (Å²) in [6.45, 7) is 5.20. The summed E-state index contributed by atoms with van der Waals surface area (Å²) in [6.07, 6.45) is 1.61. The molecule has 2 aromatic carbocycles. The second-order valence-corrected chi connectivity index (χ2v) is 8.03. The van der Waals surface area contributed by atoms with E-state index in [0.717, 1.165) is 30.4 Å². The van der Waals surface area contributed by atoms with Crippen molar-refractivity contribution in [3.63, 3.8) is 0 Å². The summed E-state index contributed by atoms with van der Waals surface area (Å²) in [4.78, 5) is 19.2. The summed E-state index contributed by atoms with van der Waals surface area (Å²) in [6, 6.07) is 19.6. The fourth-order valence-electron chi connectivity index (χ4n) is 4.00. The molecule has 1 aliphatic rings. The van der Waals surface area contributed by atoms with Gasteiger partial charge in [0.1, 0.15) is 11.9 Å². The molecule has 3 aromatic rings. The number of nitrogens with zero attached hydrogens (tertiary/aromatic N) is 2. The molecular weight excluding hydrogens is 416 g/mol. The van der Waals surface area contributed by atoms with Crippen LogP contribution < -0.4 is 10.6 Å². The first-order valence-electron chi connectivity index (χ1n) is 11.2. The van der Waals surface area contributed by atoms with E-state index >= 15 is 0 Å². The summed E-state index contributed by atoms with van der Waals surface area (Å²) >= 11 is 0. The number of furan rings is 1. The van der Waals surface area contributed by atoms with Gasteiger partial charge in [-0.15, -0.1) is 0 Å². The lowest BCUT2D eigenvalue weighted by Crippen LogP contribution is -2.48. The number of benzene rings is 2. The number of rotatable bonds is 6. The lowest BCUT2D eigenvalue weighted by atomic mass is 10.0. The molecule has 7 nitrogen and oxygen atoms in total. The fourth-order valence-corrected chi connectivity index (χ4v) is 4.00. The van der Waals surface area contributed by atoms with Gasteiger partial charge < -0.3 is 24.7 Å². The molecule has 0 saturated carbocycles. The van der Waals surface area contributed by atoms with E-state index in [1.54, 1.807) is 19.4 Å². The van der Waals surface area contributed by atoms with Crippen LogP contribution in [0.1, 0.15) is 38.9 Å². The Balaban J connectivity index is 1.35. The zero-order chi connectivity index (χ0) is 23.0. The highest BCUT2D eigenvalue weighted by Gasteiger charge is 2.25. The number of aliphatic imine (C=N–C) groups is 1. The summed E-state index contributed by atoms with van der Waals surface area (Å²) in [5.74, 6) is 1.41. The maximum atomic E-state index is 12.5. The quantitative estimate of drug-likeness (QED) is 0.446. The topological polar surface area (TPSA) is 79.1 Å². The second-order valence-electron chi connectivity index (χ2n) is 8.03. The highest BCUT2D eigenvalue weighted by atomic mass is 16.5. The smallest absolute Gasteiger partial charge is 0.251 e. The third-order valence-corrected chi connectivity index (χ3v) is 5.76. The molecular formula is C26H30N4O3. The van der Waals surface area contributed by atoms with E-state index < -0.39 is 0 Å². The number of nitrogens with one attached hydrogen (secondary N) is 2. The molecule has 1 amide bonds. The Labute approximate surface area is 194 Å². The first-order chi connectivity index (χ1) is 16.1. The minimum atomic E-state index is -0.133. The average Bonchev–Trinajstić information content (AvgIpc) is 3.37. The molecule has 1 fully saturated rings. The Kier molecular flexibility index (Phi) is 7.42. The normalized spacial score (nSPS) is 16.5. The number of guanidine groups is 1. The van der Waals surface area contributed by atoms with E-state index in [1.165, 1.54) is 11.1 Å². The van der Waals surface area contributed by atoms with Gasteiger partial charge >= 0.3 is 0 Å². The number of morpholine rings is 1. The van der Waals surface area contributed by atoms with Gasteiger partial charge in [-0.05, 0) is 47.9 Å². The molecule has 1 atom stereocenters. The Morgan fingerprint density at radius 1 is 1.09 bits per heavy atom. The Morgan fingerprint density at radius 2 is 1.97 bits per heavy atom. The van der Waals surface area contributed by atoms with Crippen molar-refractivity contribution in [1.29, 1.82) is 0 Å². The summed E-state index contributed by atoms with van der Waals surface area (Å²) in [5.41, 5.74) is 4.06. The van der Waals surface area contributed by atoms with Crippen LogP contribution in [0.2, 0.25) is 0 Å². The zero-order valence-electron chi connectivity index (χ0n) is 19.1. The van der Waals surface area contributed by atoms with Crippen molar-refractivity contribution in [2.45, 2.75) is 26.1 Å². The molecule has 0 aliphatic carbocycles. The Bertz CT molecular complexity index is 1090. The predicted molar refractivity (Wildman–Crippen MR) is 128 cm³/mol. The van der Waals surface area contributed by atoms with Crippen LogP contribution in [0.3, 0.4) is 0 Å². The number of aryl methyl sites for hydroxylation is 1. The predicted octanol–water partition coefficient (Wildman–Crippen LogP) is 3.67. The number of carbonyl (C=O) groups is 1. The van der Waals surface area contributed by atoms with Crippen molar-refractivity contribution in [2.75, 3.05) is 26.7 Å². The molecule has 0 bridgehead atoms. The van der Waals surface area contributed by atoms with E-state index in [2.05, 4.69) is 45.6 Å². The van der Waals surface area contributed by atoms with Crippen molar-refractivity contribution in [1.82, 2.24) is 15.5 Å². The van der Waals surface area contributed by atoms with E-state index in [4.69, 9.17) is 9.15 Å². The van der Waals surface area contributed by atoms with Crippen molar-refractivity contribution < 1.29 is 13.9 Å². The van der Waals surface area contributed by atoms with Crippen molar-refractivity contribution in [3.05, 3.63) is 94.9 Å². The molecule has 4 rings (SSSR count). The number of hydrogen-bond acceptors (Lipinski definition) is 4. The fraction of sp³-hybridized carbons (Fsp3) is 0.308. The largest absolute Gasteiger partial charge is 0.467 e. The van der Waals surface area contributed by atoms with Gasteiger partial charge in [-0.25, -0.2) is 0 Å². The second kappa shape index (κ2) is 10.8. The molecule has 1 saturated heterocycles. The summed E-state index contributed by atoms with van der Waals surface area (Å²) in [7, 11) is 1.79. The molecule has 2 heterocycles. The molecule has 1 unspecified atom stereocenters. The van der Waals surface area contributed by atoms with Gasteiger partial charge in [-0.2, -0.15) is 0 Å². The third kappa shape index (κ3) is 5.81. The van der Waals surface area contributed by atoms with E-state index in [0.29, 0.717) is 25.3 Å². The maximum absolute atomic E-state index is 12.5.